The molecule has 20 heavy (non-hydrogen) atoms. The van der Waals surface area contributed by atoms with Crippen LogP contribution in [-0.4, -0.2) is 43.8 Å². The van der Waals surface area contributed by atoms with Crippen molar-refractivity contribution in [2.45, 2.75) is 10.9 Å². The van der Waals surface area contributed by atoms with Gasteiger partial charge in [-0.15, -0.1) is 12.4 Å². The highest BCUT2D eigenvalue weighted by molar-refractivity contribution is 7.89. The first-order valence-corrected chi connectivity index (χ1v) is 7.28. The summed E-state index contributed by atoms with van der Waals surface area (Å²) >= 11 is 5.84. The van der Waals surface area contributed by atoms with Gasteiger partial charge in [-0.1, -0.05) is 11.6 Å². The zero-order valence-electron chi connectivity index (χ0n) is 10.4. The van der Waals surface area contributed by atoms with Gasteiger partial charge in [0.2, 0.25) is 10.0 Å². The van der Waals surface area contributed by atoms with Gasteiger partial charge in [0.1, 0.15) is 4.90 Å². The molecule has 0 spiro atoms. The fraction of sp³-hybridized carbons (Fsp3) is 0.400. The predicted octanol–water partition coefficient (Wildman–Crippen LogP) is 1.26. The number of nitro benzene ring substituents is 1. The number of hydrogen-bond donors (Lipinski definition) is 1. The second kappa shape index (κ2) is 6.23. The number of halogens is 2. The summed E-state index contributed by atoms with van der Waals surface area (Å²) in [4.78, 5) is 9.85. The summed E-state index contributed by atoms with van der Waals surface area (Å²) < 4.78 is 25.9. The Morgan fingerprint density at radius 3 is 2.45 bits per heavy atom. The van der Waals surface area contributed by atoms with Crippen LogP contribution in [-0.2, 0) is 10.0 Å². The molecule has 0 aliphatic carbocycles. The van der Waals surface area contributed by atoms with E-state index in [9.17, 15) is 18.5 Å². The highest BCUT2D eigenvalue weighted by Gasteiger charge is 2.33. The third kappa shape index (κ3) is 3.04. The lowest BCUT2D eigenvalue weighted by molar-refractivity contribution is -0.384. The summed E-state index contributed by atoms with van der Waals surface area (Å²) in [6, 6.07) is 3.22. The number of benzene rings is 1. The van der Waals surface area contributed by atoms with Crippen LogP contribution in [0.1, 0.15) is 0 Å². The molecule has 2 rings (SSSR count). The minimum Gasteiger partial charge on any atom is -0.313 e. The SMILES string of the molecule is CN(C1CNC1)S(=O)(=O)c1ccc([N+](=O)[O-])cc1Cl.Cl. The fourth-order valence-corrected chi connectivity index (χ4v) is 3.56. The first-order valence-electron chi connectivity index (χ1n) is 5.46. The van der Waals surface area contributed by atoms with E-state index >= 15 is 0 Å². The number of sulfonamides is 1. The van der Waals surface area contributed by atoms with Crippen LogP contribution in [0.4, 0.5) is 5.69 Å². The Morgan fingerprint density at radius 2 is 2.05 bits per heavy atom. The number of non-ortho nitro benzene ring substituents is 1. The number of likely N-dealkylation sites (N-methyl/N-ethyl adjacent to an activating group) is 1. The van der Waals surface area contributed by atoms with Crippen LogP contribution >= 0.6 is 24.0 Å². The molecule has 0 amide bonds. The topological polar surface area (TPSA) is 92.6 Å². The summed E-state index contributed by atoms with van der Waals surface area (Å²) in [6.45, 7) is 1.17. The van der Waals surface area contributed by atoms with Crippen LogP contribution in [0.15, 0.2) is 23.1 Å². The normalized spacial score (nSPS) is 15.6. The van der Waals surface area contributed by atoms with Gasteiger partial charge in [-0.25, -0.2) is 8.42 Å². The van der Waals surface area contributed by atoms with Gasteiger partial charge in [-0.2, -0.15) is 4.31 Å². The van der Waals surface area contributed by atoms with E-state index in [0.717, 1.165) is 12.1 Å². The number of rotatable bonds is 4. The maximum Gasteiger partial charge on any atom is 0.271 e. The van der Waals surface area contributed by atoms with E-state index in [2.05, 4.69) is 5.32 Å². The molecule has 1 heterocycles. The Hall–Kier alpha value is -0.930. The lowest BCUT2D eigenvalue weighted by atomic mass is 10.2. The molecule has 0 aromatic heterocycles. The molecule has 7 nitrogen and oxygen atoms in total. The Morgan fingerprint density at radius 1 is 1.45 bits per heavy atom. The van der Waals surface area contributed by atoms with E-state index in [1.165, 1.54) is 17.4 Å². The first-order chi connectivity index (χ1) is 8.84. The van der Waals surface area contributed by atoms with Crippen molar-refractivity contribution in [1.82, 2.24) is 9.62 Å². The molecule has 0 radical (unpaired) electrons. The maximum absolute atomic E-state index is 12.3. The largest absolute Gasteiger partial charge is 0.313 e. The molecule has 1 aromatic carbocycles. The molecule has 112 valence electrons. The Bertz CT molecular complexity index is 619. The highest BCUT2D eigenvalue weighted by Crippen LogP contribution is 2.29. The molecule has 0 bridgehead atoms. The van der Waals surface area contributed by atoms with E-state index in [1.807, 2.05) is 0 Å². The molecule has 1 fully saturated rings. The average Bonchev–Trinajstić information content (AvgIpc) is 2.25. The fourth-order valence-electron chi connectivity index (χ4n) is 1.69. The second-order valence-corrected chi connectivity index (χ2v) is 6.58. The van der Waals surface area contributed by atoms with E-state index in [1.54, 1.807) is 0 Å². The van der Waals surface area contributed by atoms with Gasteiger partial charge in [0.05, 0.1) is 9.95 Å². The van der Waals surface area contributed by atoms with Gasteiger partial charge < -0.3 is 5.32 Å². The molecule has 0 saturated carbocycles. The molecule has 1 N–H and O–H groups in total. The van der Waals surface area contributed by atoms with Crippen LogP contribution in [0.2, 0.25) is 5.02 Å². The second-order valence-electron chi connectivity index (χ2n) is 4.21. The highest BCUT2D eigenvalue weighted by atomic mass is 35.5. The van der Waals surface area contributed by atoms with Gasteiger partial charge in [0.15, 0.2) is 0 Å². The van der Waals surface area contributed by atoms with Crippen molar-refractivity contribution in [3.05, 3.63) is 33.3 Å². The van der Waals surface area contributed by atoms with Crippen LogP contribution in [0.3, 0.4) is 0 Å². The Labute approximate surface area is 127 Å². The molecule has 0 atom stereocenters. The van der Waals surface area contributed by atoms with Crippen LogP contribution in [0.25, 0.3) is 0 Å². The molecule has 1 saturated heterocycles. The standard InChI is InChI=1S/C10H12ClN3O4S.ClH/c1-13(8-5-12-6-8)19(17,18)10-3-2-7(14(15)16)4-9(10)11;/h2-4,8,12H,5-6H2,1H3;1H. The summed E-state index contributed by atoms with van der Waals surface area (Å²) in [6.07, 6.45) is 0. The van der Waals surface area contributed by atoms with E-state index in [4.69, 9.17) is 11.6 Å². The lowest BCUT2D eigenvalue weighted by Crippen LogP contribution is -2.57. The van der Waals surface area contributed by atoms with Crippen molar-refractivity contribution in [3.8, 4) is 0 Å². The van der Waals surface area contributed by atoms with Crippen molar-refractivity contribution in [2.24, 2.45) is 0 Å². The predicted molar refractivity (Wildman–Crippen MR) is 77.0 cm³/mol. The molecular weight excluding hydrogens is 329 g/mol. The smallest absolute Gasteiger partial charge is 0.271 e. The zero-order valence-corrected chi connectivity index (χ0v) is 12.8. The van der Waals surface area contributed by atoms with Gasteiger partial charge in [-0.3, -0.25) is 10.1 Å². The van der Waals surface area contributed by atoms with Gasteiger partial charge >= 0.3 is 0 Å². The molecule has 10 heteroatoms. The zero-order chi connectivity index (χ0) is 14.2. The van der Waals surface area contributed by atoms with Crippen LogP contribution in [0, 0.1) is 10.1 Å². The van der Waals surface area contributed by atoms with Gasteiger partial charge in [0, 0.05) is 38.3 Å². The van der Waals surface area contributed by atoms with Crippen molar-refractivity contribution in [2.75, 3.05) is 20.1 Å². The summed E-state index contributed by atoms with van der Waals surface area (Å²) in [7, 11) is -2.26. The lowest BCUT2D eigenvalue weighted by Gasteiger charge is -2.34. The molecule has 1 aliphatic heterocycles. The Kier molecular flexibility index (Phi) is 5.33. The van der Waals surface area contributed by atoms with Crippen molar-refractivity contribution < 1.29 is 13.3 Å². The van der Waals surface area contributed by atoms with Crippen molar-refractivity contribution in [3.63, 3.8) is 0 Å². The summed E-state index contributed by atoms with van der Waals surface area (Å²) in [5.74, 6) is 0. The van der Waals surface area contributed by atoms with Crippen LogP contribution < -0.4 is 5.32 Å². The van der Waals surface area contributed by atoms with Crippen LogP contribution in [0.5, 0.6) is 0 Å². The first kappa shape index (κ1) is 17.1. The monoisotopic (exact) mass is 341 g/mol. The summed E-state index contributed by atoms with van der Waals surface area (Å²) in [5, 5.41) is 13.4. The molecule has 1 aromatic rings. The Balaban J connectivity index is 0.00000200. The third-order valence-corrected chi connectivity index (χ3v) is 5.45. The van der Waals surface area contributed by atoms with E-state index in [0.29, 0.717) is 13.1 Å². The number of nitro groups is 1. The maximum atomic E-state index is 12.3. The third-order valence-electron chi connectivity index (χ3n) is 3.06. The van der Waals surface area contributed by atoms with Gasteiger partial charge in [-0.05, 0) is 6.07 Å². The van der Waals surface area contributed by atoms with Crippen molar-refractivity contribution >= 4 is 39.7 Å². The number of nitrogens with zero attached hydrogens (tertiary/aromatic N) is 2. The minimum absolute atomic E-state index is 0. The minimum atomic E-state index is -3.73. The van der Waals surface area contributed by atoms with E-state index in [-0.39, 0.29) is 34.1 Å². The van der Waals surface area contributed by atoms with Gasteiger partial charge in [0.25, 0.3) is 5.69 Å². The van der Waals surface area contributed by atoms with E-state index < -0.39 is 14.9 Å². The number of nitrogens with one attached hydrogen (secondary N) is 1. The number of hydrogen-bond acceptors (Lipinski definition) is 5. The molecule has 1 aliphatic rings. The molecule has 0 unspecified atom stereocenters. The molecular formula is C10H13Cl2N3O4S. The quantitative estimate of drug-likeness (QED) is 0.657. The summed E-state index contributed by atoms with van der Waals surface area (Å²) in [5.41, 5.74) is -0.239. The van der Waals surface area contributed by atoms with Crippen molar-refractivity contribution in [1.29, 1.82) is 0 Å². The average molecular weight is 342 g/mol.